The fourth-order valence-electron chi connectivity index (χ4n) is 2.45. The number of hydrogen-bond donors (Lipinski definition) is 1. The smallest absolute Gasteiger partial charge is 0.274 e. The lowest BCUT2D eigenvalue weighted by atomic mass is 10.1. The van der Waals surface area contributed by atoms with Crippen LogP contribution < -0.4 is 5.32 Å². The highest BCUT2D eigenvalue weighted by atomic mass is 16.5. The van der Waals surface area contributed by atoms with Crippen molar-refractivity contribution in [3.63, 3.8) is 0 Å². The van der Waals surface area contributed by atoms with Crippen LogP contribution in [0.15, 0.2) is 12.1 Å². The summed E-state index contributed by atoms with van der Waals surface area (Å²) in [5.41, 5.74) is 0.397. The number of piperidine rings is 1. The number of ether oxygens (including phenoxy) is 1. The molecule has 2 heterocycles. The molecular weight excluding hydrogens is 268 g/mol. The summed E-state index contributed by atoms with van der Waals surface area (Å²) in [7, 11) is 0. The maximum atomic E-state index is 12.4. The molecule has 6 nitrogen and oxygen atoms in total. The summed E-state index contributed by atoms with van der Waals surface area (Å²) in [4.78, 5) is 14.2. The zero-order chi connectivity index (χ0) is 15.1. The van der Waals surface area contributed by atoms with Crippen LogP contribution >= 0.6 is 0 Å². The Kier molecular flexibility index (Phi) is 5.92. The molecular formula is C15H24N4O2. The van der Waals surface area contributed by atoms with E-state index in [4.69, 9.17) is 4.74 Å². The maximum absolute atomic E-state index is 12.4. The van der Waals surface area contributed by atoms with Crippen molar-refractivity contribution < 1.29 is 9.53 Å². The highest BCUT2D eigenvalue weighted by molar-refractivity contribution is 5.92. The highest BCUT2D eigenvalue weighted by Gasteiger charge is 2.25. The zero-order valence-electron chi connectivity index (χ0n) is 12.8. The van der Waals surface area contributed by atoms with Gasteiger partial charge in [-0.1, -0.05) is 6.92 Å². The monoisotopic (exact) mass is 292 g/mol. The van der Waals surface area contributed by atoms with Gasteiger partial charge in [-0.25, -0.2) is 0 Å². The van der Waals surface area contributed by atoms with Crippen molar-refractivity contribution in [3.05, 3.63) is 17.8 Å². The number of aromatic nitrogens is 2. The molecule has 1 unspecified atom stereocenters. The zero-order valence-corrected chi connectivity index (χ0v) is 12.8. The molecule has 2 rings (SSSR count). The van der Waals surface area contributed by atoms with Gasteiger partial charge in [-0.3, -0.25) is 4.79 Å². The number of carbonyl (C=O) groups excluding carboxylic acids is 1. The van der Waals surface area contributed by atoms with Crippen molar-refractivity contribution >= 4 is 11.7 Å². The molecule has 1 aliphatic rings. The molecule has 1 aliphatic heterocycles. The van der Waals surface area contributed by atoms with Crippen molar-refractivity contribution in [2.24, 2.45) is 0 Å². The summed E-state index contributed by atoms with van der Waals surface area (Å²) in [5, 5.41) is 11.2. The first-order chi connectivity index (χ1) is 10.2. The number of hydrogen-bond acceptors (Lipinski definition) is 5. The van der Waals surface area contributed by atoms with E-state index in [1.165, 1.54) is 0 Å². The topological polar surface area (TPSA) is 67.4 Å². The third-order valence-corrected chi connectivity index (χ3v) is 3.51. The predicted molar refractivity (Wildman–Crippen MR) is 81.4 cm³/mol. The van der Waals surface area contributed by atoms with Gasteiger partial charge in [0.2, 0.25) is 0 Å². The van der Waals surface area contributed by atoms with Crippen LogP contribution in [-0.4, -0.2) is 53.3 Å². The number of carbonyl (C=O) groups is 1. The molecule has 1 aromatic heterocycles. The van der Waals surface area contributed by atoms with E-state index < -0.39 is 0 Å². The lowest BCUT2D eigenvalue weighted by Crippen LogP contribution is -2.43. The molecule has 1 atom stereocenters. The standard InChI is InChI=1S/C15H24N4O2/c1-3-9-16-14-8-7-13(17-18-14)15(20)19-10-5-6-12(11-19)21-4-2/h7-8,12H,3-6,9-11H2,1-2H3,(H,16,18). The predicted octanol–water partition coefficient (Wildman–Crippen LogP) is 1.94. The summed E-state index contributed by atoms with van der Waals surface area (Å²) >= 11 is 0. The van der Waals surface area contributed by atoms with Gasteiger partial charge >= 0.3 is 0 Å². The number of likely N-dealkylation sites (tertiary alicyclic amines) is 1. The van der Waals surface area contributed by atoms with Crippen LogP contribution in [0.3, 0.4) is 0 Å². The molecule has 1 N–H and O–H groups in total. The van der Waals surface area contributed by atoms with Crippen molar-refractivity contribution in [2.45, 2.75) is 39.2 Å². The Balaban J connectivity index is 1.95. The molecule has 0 radical (unpaired) electrons. The second kappa shape index (κ2) is 7.93. The molecule has 6 heteroatoms. The van der Waals surface area contributed by atoms with Crippen LogP contribution in [0.4, 0.5) is 5.82 Å². The van der Waals surface area contributed by atoms with Gasteiger partial charge in [-0.05, 0) is 38.3 Å². The Morgan fingerprint density at radius 2 is 2.29 bits per heavy atom. The van der Waals surface area contributed by atoms with Gasteiger partial charge in [-0.2, -0.15) is 0 Å². The van der Waals surface area contributed by atoms with Gasteiger partial charge in [0.1, 0.15) is 5.82 Å². The molecule has 1 amide bonds. The number of rotatable bonds is 6. The van der Waals surface area contributed by atoms with E-state index in [-0.39, 0.29) is 12.0 Å². The molecule has 1 saturated heterocycles. The minimum absolute atomic E-state index is 0.0612. The normalized spacial score (nSPS) is 18.6. The Hall–Kier alpha value is -1.69. The fraction of sp³-hybridized carbons (Fsp3) is 0.667. The summed E-state index contributed by atoms with van der Waals surface area (Å²) in [6.45, 7) is 7.01. The lowest BCUT2D eigenvalue weighted by Gasteiger charge is -2.32. The number of nitrogens with one attached hydrogen (secondary N) is 1. The molecule has 21 heavy (non-hydrogen) atoms. The first-order valence-electron chi connectivity index (χ1n) is 7.73. The highest BCUT2D eigenvalue weighted by Crippen LogP contribution is 2.15. The molecule has 0 aliphatic carbocycles. The van der Waals surface area contributed by atoms with Gasteiger partial charge in [0, 0.05) is 26.2 Å². The van der Waals surface area contributed by atoms with Crippen LogP contribution in [0.1, 0.15) is 43.6 Å². The van der Waals surface area contributed by atoms with Crippen LogP contribution in [0.2, 0.25) is 0 Å². The Bertz CT molecular complexity index is 447. The second-order valence-corrected chi connectivity index (χ2v) is 5.20. The van der Waals surface area contributed by atoms with Gasteiger partial charge < -0.3 is 15.0 Å². The average molecular weight is 292 g/mol. The summed E-state index contributed by atoms with van der Waals surface area (Å²) in [5.74, 6) is 0.646. The van der Waals surface area contributed by atoms with E-state index in [9.17, 15) is 4.79 Å². The minimum atomic E-state index is -0.0612. The Morgan fingerprint density at radius 1 is 1.43 bits per heavy atom. The van der Waals surface area contributed by atoms with Gasteiger partial charge in [0.05, 0.1) is 6.10 Å². The largest absolute Gasteiger partial charge is 0.377 e. The Labute approximate surface area is 125 Å². The summed E-state index contributed by atoms with van der Waals surface area (Å²) in [6, 6.07) is 3.54. The third kappa shape index (κ3) is 4.39. The number of amides is 1. The van der Waals surface area contributed by atoms with E-state index in [2.05, 4.69) is 22.4 Å². The average Bonchev–Trinajstić information content (AvgIpc) is 2.53. The quantitative estimate of drug-likeness (QED) is 0.868. The summed E-state index contributed by atoms with van der Waals surface area (Å²) < 4.78 is 5.62. The maximum Gasteiger partial charge on any atom is 0.274 e. The lowest BCUT2D eigenvalue weighted by molar-refractivity contribution is 0.00699. The molecule has 0 spiro atoms. The van der Waals surface area contributed by atoms with E-state index in [0.29, 0.717) is 24.7 Å². The van der Waals surface area contributed by atoms with E-state index >= 15 is 0 Å². The first-order valence-corrected chi connectivity index (χ1v) is 7.73. The number of nitrogens with zero attached hydrogens (tertiary/aromatic N) is 3. The van der Waals surface area contributed by atoms with E-state index in [0.717, 1.165) is 32.4 Å². The minimum Gasteiger partial charge on any atom is -0.377 e. The fourth-order valence-corrected chi connectivity index (χ4v) is 2.45. The summed E-state index contributed by atoms with van der Waals surface area (Å²) in [6.07, 6.45) is 3.16. The van der Waals surface area contributed by atoms with Crippen molar-refractivity contribution in [1.82, 2.24) is 15.1 Å². The third-order valence-electron chi connectivity index (χ3n) is 3.51. The van der Waals surface area contributed by atoms with Crippen molar-refractivity contribution in [3.8, 4) is 0 Å². The van der Waals surface area contributed by atoms with Crippen molar-refractivity contribution in [1.29, 1.82) is 0 Å². The molecule has 0 bridgehead atoms. The molecule has 1 aromatic rings. The van der Waals surface area contributed by atoms with Crippen LogP contribution in [0, 0.1) is 0 Å². The molecule has 0 saturated carbocycles. The second-order valence-electron chi connectivity index (χ2n) is 5.20. The van der Waals surface area contributed by atoms with Gasteiger partial charge in [0.25, 0.3) is 5.91 Å². The van der Waals surface area contributed by atoms with E-state index in [1.807, 2.05) is 11.8 Å². The first kappa shape index (κ1) is 15.7. The SMILES string of the molecule is CCCNc1ccc(C(=O)N2CCCC(OCC)C2)nn1. The number of anilines is 1. The molecule has 1 fully saturated rings. The van der Waals surface area contributed by atoms with Crippen LogP contribution in [0.5, 0.6) is 0 Å². The molecule has 116 valence electrons. The molecule has 0 aromatic carbocycles. The van der Waals surface area contributed by atoms with Crippen molar-refractivity contribution in [2.75, 3.05) is 31.6 Å². The van der Waals surface area contributed by atoms with Crippen LogP contribution in [0.25, 0.3) is 0 Å². The van der Waals surface area contributed by atoms with E-state index in [1.54, 1.807) is 12.1 Å². The Morgan fingerprint density at radius 3 is 2.95 bits per heavy atom. The van der Waals surface area contributed by atoms with Gasteiger partial charge in [0.15, 0.2) is 5.69 Å². The van der Waals surface area contributed by atoms with Crippen LogP contribution in [-0.2, 0) is 4.74 Å². The van der Waals surface area contributed by atoms with Gasteiger partial charge in [-0.15, -0.1) is 10.2 Å².